The van der Waals surface area contributed by atoms with Crippen LogP contribution in [0.15, 0.2) is 42.5 Å². The van der Waals surface area contributed by atoms with Crippen LogP contribution in [0.4, 0.5) is 4.39 Å². The van der Waals surface area contributed by atoms with Gasteiger partial charge in [0.2, 0.25) is 5.91 Å². The van der Waals surface area contributed by atoms with Crippen LogP contribution in [0.2, 0.25) is 5.02 Å². The van der Waals surface area contributed by atoms with Gasteiger partial charge in [-0.3, -0.25) is 9.59 Å². The van der Waals surface area contributed by atoms with E-state index in [4.69, 9.17) is 11.6 Å². The first kappa shape index (κ1) is 18.9. The topological polar surface area (TPSA) is 40.6 Å². The van der Waals surface area contributed by atoms with Gasteiger partial charge in [-0.15, -0.1) is 0 Å². The number of likely N-dealkylation sites (tertiary alicyclic amines) is 2. The Hall–Kier alpha value is -2.40. The van der Waals surface area contributed by atoms with Crippen molar-refractivity contribution in [2.24, 2.45) is 11.8 Å². The second-order valence-electron chi connectivity index (χ2n) is 7.74. The van der Waals surface area contributed by atoms with Crippen molar-refractivity contribution in [2.45, 2.75) is 19.9 Å². The molecule has 146 valence electrons. The largest absolute Gasteiger partial charge is 0.338 e. The molecule has 0 aliphatic carbocycles. The molecule has 28 heavy (non-hydrogen) atoms. The van der Waals surface area contributed by atoms with Crippen LogP contribution in [0.5, 0.6) is 0 Å². The zero-order valence-corrected chi connectivity index (χ0v) is 16.6. The molecule has 0 saturated carbocycles. The Morgan fingerprint density at radius 1 is 1.11 bits per heavy atom. The molecular weight excluding hydrogens is 379 g/mol. The minimum Gasteiger partial charge on any atom is -0.338 e. The van der Waals surface area contributed by atoms with Gasteiger partial charge in [0.05, 0.1) is 11.1 Å². The molecule has 0 bridgehead atoms. The van der Waals surface area contributed by atoms with Crippen molar-refractivity contribution < 1.29 is 14.0 Å². The third-order valence-corrected chi connectivity index (χ3v) is 6.34. The van der Waals surface area contributed by atoms with E-state index in [2.05, 4.69) is 19.1 Å². The number of rotatable bonds is 2. The van der Waals surface area contributed by atoms with Gasteiger partial charge in [-0.05, 0) is 36.2 Å². The van der Waals surface area contributed by atoms with Crippen molar-refractivity contribution in [2.75, 3.05) is 19.6 Å². The fourth-order valence-electron chi connectivity index (χ4n) is 4.66. The number of amides is 2. The van der Waals surface area contributed by atoms with Gasteiger partial charge in [-0.25, -0.2) is 4.39 Å². The van der Waals surface area contributed by atoms with E-state index in [9.17, 15) is 14.0 Å². The fraction of sp³-hybridized carbons (Fsp3) is 0.364. The summed E-state index contributed by atoms with van der Waals surface area (Å²) in [6, 6.07) is 12.2. The van der Waals surface area contributed by atoms with Crippen molar-refractivity contribution in [3.8, 4) is 0 Å². The van der Waals surface area contributed by atoms with Crippen molar-refractivity contribution >= 4 is 23.4 Å². The average Bonchev–Trinajstić information content (AvgIpc) is 3.22. The zero-order chi connectivity index (χ0) is 20.0. The SMILES string of the molecule is CC(=O)N1C[C@H]2CN(C(=O)c3ccc(Cl)c(F)c3)C[C@H]2[C@@H]1c1ccccc1C. The third-order valence-electron chi connectivity index (χ3n) is 6.03. The van der Waals surface area contributed by atoms with Crippen LogP contribution in [0, 0.1) is 24.6 Å². The van der Waals surface area contributed by atoms with Gasteiger partial charge >= 0.3 is 0 Å². The van der Waals surface area contributed by atoms with Gasteiger partial charge in [0.25, 0.3) is 5.91 Å². The normalized spacial score (nSPS) is 23.8. The number of benzene rings is 2. The molecule has 0 radical (unpaired) electrons. The van der Waals surface area contributed by atoms with Gasteiger partial charge in [0, 0.05) is 44.0 Å². The summed E-state index contributed by atoms with van der Waals surface area (Å²) in [7, 11) is 0. The van der Waals surface area contributed by atoms with Crippen LogP contribution < -0.4 is 0 Å². The number of halogens is 2. The Morgan fingerprint density at radius 3 is 2.54 bits per heavy atom. The van der Waals surface area contributed by atoms with E-state index in [-0.39, 0.29) is 34.7 Å². The Bertz CT molecular complexity index is 948. The summed E-state index contributed by atoms with van der Waals surface area (Å²) in [5, 5.41) is 0.00607. The number of aryl methyl sites for hydroxylation is 1. The van der Waals surface area contributed by atoms with E-state index in [1.807, 2.05) is 17.0 Å². The Kier molecular flexibility index (Phi) is 4.88. The van der Waals surface area contributed by atoms with E-state index in [1.54, 1.807) is 17.9 Å². The van der Waals surface area contributed by atoms with E-state index in [1.165, 1.54) is 12.1 Å². The molecule has 2 heterocycles. The van der Waals surface area contributed by atoms with Crippen LogP contribution in [-0.4, -0.2) is 41.2 Å². The molecule has 2 aliphatic rings. The molecule has 6 heteroatoms. The van der Waals surface area contributed by atoms with Crippen molar-refractivity contribution in [1.82, 2.24) is 9.80 Å². The van der Waals surface area contributed by atoms with Crippen LogP contribution in [0.3, 0.4) is 0 Å². The molecule has 2 aromatic rings. The number of nitrogens with zero attached hydrogens (tertiary/aromatic N) is 2. The summed E-state index contributed by atoms with van der Waals surface area (Å²) in [5.41, 5.74) is 2.58. The third kappa shape index (κ3) is 3.18. The summed E-state index contributed by atoms with van der Waals surface area (Å²) < 4.78 is 13.8. The van der Waals surface area contributed by atoms with Crippen LogP contribution >= 0.6 is 11.6 Å². The molecule has 4 rings (SSSR count). The molecule has 2 aromatic carbocycles. The highest BCUT2D eigenvalue weighted by molar-refractivity contribution is 6.30. The Morgan fingerprint density at radius 2 is 1.86 bits per heavy atom. The Labute approximate surface area is 168 Å². The van der Waals surface area contributed by atoms with E-state index < -0.39 is 5.82 Å². The lowest BCUT2D eigenvalue weighted by molar-refractivity contribution is -0.130. The number of fused-ring (bicyclic) bond motifs is 1. The van der Waals surface area contributed by atoms with Crippen molar-refractivity contribution in [1.29, 1.82) is 0 Å². The van der Waals surface area contributed by atoms with Gasteiger partial charge < -0.3 is 9.80 Å². The Balaban J connectivity index is 1.61. The second-order valence-corrected chi connectivity index (χ2v) is 8.14. The summed E-state index contributed by atoms with van der Waals surface area (Å²) in [5.74, 6) is -0.337. The monoisotopic (exact) mass is 400 g/mol. The summed E-state index contributed by atoms with van der Waals surface area (Å²) in [6.07, 6.45) is 0. The molecule has 2 saturated heterocycles. The highest BCUT2D eigenvalue weighted by Crippen LogP contribution is 2.46. The molecule has 4 nitrogen and oxygen atoms in total. The lowest BCUT2D eigenvalue weighted by atomic mass is 9.87. The molecular formula is C22H22ClFN2O2. The average molecular weight is 401 g/mol. The minimum atomic E-state index is -0.590. The highest BCUT2D eigenvalue weighted by atomic mass is 35.5. The molecule has 0 N–H and O–H groups in total. The first-order valence-corrected chi connectivity index (χ1v) is 9.81. The number of carbonyl (C=O) groups is 2. The quantitative estimate of drug-likeness (QED) is 0.762. The van der Waals surface area contributed by atoms with Crippen LogP contribution in [0.1, 0.15) is 34.5 Å². The molecule has 2 fully saturated rings. The maximum Gasteiger partial charge on any atom is 0.253 e. The summed E-state index contributed by atoms with van der Waals surface area (Å²) >= 11 is 5.73. The number of hydrogen-bond donors (Lipinski definition) is 0. The van der Waals surface area contributed by atoms with E-state index in [0.29, 0.717) is 25.2 Å². The molecule has 0 spiro atoms. The van der Waals surface area contributed by atoms with E-state index in [0.717, 1.165) is 11.1 Å². The highest BCUT2D eigenvalue weighted by Gasteiger charge is 2.49. The summed E-state index contributed by atoms with van der Waals surface area (Å²) in [6.45, 7) is 5.41. The second kappa shape index (κ2) is 7.21. The van der Waals surface area contributed by atoms with Gasteiger partial charge in [0.15, 0.2) is 0 Å². The lowest BCUT2D eigenvalue weighted by Gasteiger charge is -2.30. The standard InChI is InChI=1S/C22H22ClFN2O2/c1-13-5-3-4-6-17(13)21-18-12-25(10-16(18)11-26(21)14(2)27)22(28)15-7-8-19(23)20(24)9-15/h3-9,16,18,21H,10-12H2,1-2H3/t16-,18-,21+/m1/s1. The first-order chi connectivity index (χ1) is 13.4. The number of hydrogen-bond acceptors (Lipinski definition) is 2. The predicted molar refractivity (Wildman–Crippen MR) is 106 cm³/mol. The zero-order valence-electron chi connectivity index (χ0n) is 15.9. The smallest absolute Gasteiger partial charge is 0.253 e. The molecule has 3 atom stereocenters. The summed E-state index contributed by atoms with van der Waals surface area (Å²) in [4.78, 5) is 28.9. The molecule has 0 unspecified atom stereocenters. The van der Waals surface area contributed by atoms with Crippen molar-refractivity contribution in [3.63, 3.8) is 0 Å². The van der Waals surface area contributed by atoms with E-state index >= 15 is 0 Å². The fourth-order valence-corrected chi connectivity index (χ4v) is 4.78. The van der Waals surface area contributed by atoms with Gasteiger partial charge in [0.1, 0.15) is 5.82 Å². The maximum atomic E-state index is 13.8. The van der Waals surface area contributed by atoms with Crippen molar-refractivity contribution in [3.05, 3.63) is 70.0 Å². The first-order valence-electron chi connectivity index (χ1n) is 9.44. The molecule has 2 amide bonds. The van der Waals surface area contributed by atoms with Crippen LogP contribution in [-0.2, 0) is 4.79 Å². The van der Waals surface area contributed by atoms with Gasteiger partial charge in [-0.1, -0.05) is 35.9 Å². The van der Waals surface area contributed by atoms with Crippen LogP contribution in [0.25, 0.3) is 0 Å². The molecule has 0 aromatic heterocycles. The lowest BCUT2D eigenvalue weighted by Crippen LogP contribution is -2.36. The predicted octanol–water partition coefficient (Wildman–Crippen LogP) is 4.08. The number of carbonyl (C=O) groups excluding carboxylic acids is 2. The maximum absolute atomic E-state index is 13.8. The minimum absolute atomic E-state index is 0.00607. The molecule has 2 aliphatic heterocycles. The van der Waals surface area contributed by atoms with Gasteiger partial charge in [-0.2, -0.15) is 0 Å².